The molecule has 0 unspecified atom stereocenters. The Balaban J connectivity index is 2.41. The second-order valence-corrected chi connectivity index (χ2v) is 6.05. The molecule has 0 saturated heterocycles. The lowest BCUT2D eigenvalue weighted by atomic mass is 10.2. The summed E-state index contributed by atoms with van der Waals surface area (Å²) in [6.45, 7) is 10.7. The van der Waals surface area contributed by atoms with Gasteiger partial charge in [-0.15, -0.1) is 0 Å². The Hall–Kier alpha value is -1.69. The number of hydrogen-bond donors (Lipinski definition) is 0. The molecule has 0 atom stereocenters. The quantitative estimate of drug-likeness (QED) is 0.300. The van der Waals surface area contributed by atoms with Crippen LogP contribution in [0.1, 0.15) is 45.1 Å². The fraction of sp³-hybridized carbons (Fsp3) is 0.588. The summed E-state index contributed by atoms with van der Waals surface area (Å²) in [5, 5.41) is 0. The summed E-state index contributed by atoms with van der Waals surface area (Å²) in [5.41, 5.74) is 1.33. The molecule has 1 rings (SSSR count). The Morgan fingerprint density at radius 1 is 1.30 bits per heavy atom. The Kier molecular flexibility index (Phi) is 7.95. The van der Waals surface area contributed by atoms with E-state index < -0.39 is 0 Å². The standard InChI is InChI=1S/C17H26N2O3S/c1-5-18-12-14(4)15(23)19(17(18)21)10-8-6-7-9-11-22-16(20)13(2)3/h12H,2,5-11H2,1,3-4H3. The van der Waals surface area contributed by atoms with Crippen molar-refractivity contribution in [3.8, 4) is 0 Å². The fourth-order valence-corrected chi connectivity index (χ4v) is 2.46. The van der Waals surface area contributed by atoms with Crippen LogP contribution in [0.4, 0.5) is 0 Å². The minimum absolute atomic E-state index is 0.0431. The van der Waals surface area contributed by atoms with Gasteiger partial charge in [-0.1, -0.05) is 25.2 Å². The molecule has 0 aromatic carbocycles. The van der Waals surface area contributed by atoms with E-state index >= 15 is 0 Å². The number of aryl methyl sites for hydroxylation is 2. The van der Waals surface area contributed by atoms with Crippen LogP contribution in [-0.2, 0) is 22.6 Å². The second-order valence-electron chi connectivity index (χ2n) is 5.67. The second kappa shape index (κ2) is 9.45. The average Bonchev–Trinajstić information content (AvgIpc) is 2.52. The summed E-state index contributed by atoms with van der Waals surface area (Å²) >= 11 is 5.34. The van der Waals surface area contributed by atoms with Crippen molar-refractivity contribution in [3.05, 3.63) is 39.0 Å². The Morgan fingerprint density at radius 2 is 1.96 bits per heavy atom. The van der Waals surface area contributed by atoms with Crippen molar-refractivity contribution in [2.45, 2.75) is 59.5 Å². The van der Waals surface area contributed by atoms with E-state index in [-0.39, 0.29) is 11.7 Å². The molecule has 0 aliphatic heterocycles. The van der Waals surface area contributed by atoms with E-state index in [1.54, 1.807) is 16.1 Å². The van der Waals surface area contributed by atoms with Gasteiger partial charge in [0.05, 0.1) is 6.61 Å². The lowest BCUT2D eigenvalue weighted by Gasteiger charge is -2.11. The minimum atomic E-state index is -0.337. The number of carbonyl (C=O) groups excluding carboxylic acids is 1. The SMILES string of the molecule is C=C(C)C(=O)OCCCCCCn1c(=S)c(C)cn(CC)c1=O. The third-order valence-electron chi connectivity index (χ3n) is 3.61. The van der Waals surface area contributed by atoms with Gasteiger partial charge in [-0.25, -0.2) is 9.59 Å². The normalized spacial score (nSPS) is 10.6. The molecule has 0 radical (unpaired) electrons. The van der Waals surface area contributed by atoms with Crippen LogP contribution in [0.25, 0.3) is 0 Å². The van der Waals surface area contributed by atoms with Gasteiger partial charge >= 0.3 is 11.7 Å². The van der Waals surface area contributed by atoms with Crippen LogP contribution in [0.2, 0.25) is 0 Å². The van der Waals surface area contributed by atoms with Crippen molar-refractivity contribution < 1.29 is 9.53 Å². The highest BCUT2D eigenvalue weighted by Crippen LogP contribution is 2.05. The van der Waals surface area contributed by atoms with Crippen LogP contribution < -0.4 is 5.69 Å². The number of carbonyl (C=O) groups is 1. The number of hydrogen-bond acceptors (Lipinski definition) is 4. The first kappa shape index (κ1) is 19.4. The van der Waals surface area contributed by atoms with Crippen molar-refractivity contribution in [1.29, 1.82) is 0 Å². The van der Waals surface area contributed by atoms with Crippen molar-refractivity contribution in [1.82, 2.24) is 9.13 Å². The zero-order chi connectivity index (χ0) is 17.4. The zero-order valence-electron chi connectivity index (χ0n) is 14.3. The Bertz CT molecular complexity index is 673. The van der Waals surface area contributed by atoms with Gasteiger partial charge < -0.3 is 9.30 Å². The van der Waals surface area contributed by atoms with Gasteiger partial charge in [-0.05, 0) is 40.0 Å². The van der Waals surface area contributed by atoms with E-state index in [1.807, 2.05) is 20.0 Å². The third kappa shape index (κ3) is 5.78. The molecule has 0 fully saturated rings. The number of ether oxygens (including phenoxy) is 1. The summed E-state index contributed by atoms with van der Waals surface area (Å²) in [6, 6.07) is 0. The molecule has 6 heteroatoms. The molecule has 0 aliphatic carbocycles. The average molecular weight is 338 g/mol. The minimum Gasteiger partial charge on any atom is -0.462 e. The molecular formula is C17H26N2O3S. The van der Waals surface area contributed by atoms with E-state index in [2.05, 4.69) is 6.58 Å². The molecule has 0 saturated carbocycles. The molecule has 0 bridgehead atoms. The number of unbranched alkanes of at least 4 members (excludes halogenated alkanes) is 3. The predicted octanol–water partition coefficient (Wildman–Crippen LogP) is 3.39. The topological polar surface area (TPSA) is 53.2 Å². The van der Waals surface area contributed by atoms with Crippen LogP contribution >= 0.6 is 12.2 Å². The van der Waals surface area contributed by atoms with E-state index in [0.29, 0.717) is 29.9 Å². The Labute approximate surface area is 142 Å². The molecular weight excluding hydrogens is 312 g/mol. The van der Waals surface area contributed by atoms with Crippen LogP contribution in [0.15, 0.2) is 23.1 Å². The van der Waals surface area contributed by atoms with Crippen molar-refractivity contribution in [3.63, 3.8) is 0 Å². The van der Waals surface area contributed by atoms with Gasteiger partial charge in [0.2, 0.25) is 0 Å². The number of nitrogens with zero attached hydrogens (tertiary/aromatic N) is 2. The summed E-state index contributed by atoms with van der Waals surface area (Å²) in [4.78, 5) is 23.5. The van der Waals surface area contributed by atoms with E-state index in [9.17, 15) is 9.59 Å². The van der Waals surface area contributed by atoms with Gasteiger partial charge in [0.25, 0.3) is 0 Å². The van der Waals surface area contributed by atoms with E-state index in [0.717, 1.165) is 31.2 Å². The van der Waals surface area contributed by atoms with Crippen molar-refractivity contribution in [2.75, 3.05) is 6.61 Å². The first-order chi connectivity index (χ1) is 10.9. The van der Waals surface area contributed by atoms with Crippen LogP contribution in [0.5, 0.6) is 0 Å². The predicted molar refractivity (Wildman–Crippen MR) is 94.2 cm³/mol. The lowest BCUT2D eigenvalue weighted by molar-refractivity contribution is -0.139. The zero-order valence-corrected chi connectivity index (χ0v) is 15.1. The molecule has 0 amide bonds. The van der Waals surface area contributed by atoms with E-state index in [1.165, 1.54) is 0 Å². The maximum atomic E-state index is 12.3. The summed E-state index contributed by atoms with van der Waals surface area (Å²) in [7, 11) is 0. The van der Waals surface area contributed by atoms with Crippen LogP contribution in [0, 0.1) is 11.6 Å². The first-order valence-corrected chi connectivity index (χ1v) is 8.42. The molecule has 1 aromatic heterocycles. The monoisotopic (exact) mass is 338 g/mol. The summed E-state index contributed by atoms with van der Waals surface area (Å²) in [5.74, 6) is -0.337. The first-order valence-electron chi connectivity index (χ1n) is 8.02. The maximum absolute atomic E-state index is 12.3. The third-order valence-corrected chi connectivity index (χ3v) is 4.15. The van der Waals surface area contributed by atoms with E-state index in [4.69, 9.17) is 17.0 Å². The van der Waals surface area contributed by atoms with Gasteiger partial charge in [0, 0.05) is 30.4 Å². The number of esters is 1. The van der Waals surface area contributed by atoms with Crippen molar-refractivity contribution >= 4 is 18.2 Å². The highest BCUT2D eigenvalue weighted by molar-refractivity contribution is 7.71. The molecule has 5 nitrogen and oxygen atoms in total. The van der Waals surface area contributed by atoms with Crippen LogP contribution in [-0.4, -0.2) is 21.7 Å². The number of aromatic nitrogens is 2. The maximum Gasteiger partial charge on any atom is 0.333 e. The molecule has 128 valence electrons. The van der Waals surface area contributed by atoms with Crippen LogP contribution in [0.3, 0.4) is 0 Å². The molecule has 0 aliphatic rings. The smallest absolute Gasteiger partial charge is 0.333 e. The highest BCUT2D eigenvalue weighted by atomic mass is 32.1. The fourth-order valence-electron chi connectivity index (χ4n) is 2.24. The molecule has 1 aromatic rings. The lowest BCUT2D eigenvalue weighted by Crippen LogP contribution is -2.31. The molecule has 1 heterocycles. The molecule has 0 spiro atoms. The largest absolute Gasteiger partial charge is 0.462 e. The van der Waals surface area contributed by atoms with Gasteiger partial charge in [0.15, 0.2) is 0 Å². The molecule has 23 heavy (non-hydrogen) atoms. The van der Waals surface area contributed by atoms with Gasteiger partial charge in [0.1, 0.15) is 4.64 Å². The van der Waals surface area contributed by atoms with Gasteiger partial charge in [-0.3, -0.25) is 4.57 Å². The number of rotatable bonds is 9. The van der Waals surface area contributed by atoms with Crippen molar-refractivity contribution in [2.24, 2.45) is 0 Å². The highest BCUT2D eigenvalue weighted by Gasteiger charge is 2.05. The summed E-state index contributed by atoms with van der Waals surface area (Å²) in [6.07, 6.45) is 5.43. The summed E-state index contributed by atoms with van der Waals surface area (Å²) < 4.78 is 9.02. The molecule has 0 N–H and O–H groups in total. The Morgan fingerprint density at radius 3 is 2.57 bits per heavy atom. The van der Waals surface area contributed by atoms with Gasteiger partial charge in [-0.2, -0.15) is 0 Å².